The molecule has 0 radical (unpaired) electrons. The number of hydrogen-bond donors (Lipinski definition) is 2. The molecule has 0 aromatic carbocycles. The lowest BCUT2D eigenvalue weighted by atomic mass is 10.2. The number of amides is 3. The van der Waals surface area contributed by atoms with Gasteiger partial charge >= 0.3 is 6.03 Å². The van der Waals surface area contributed by atoms with Gasteiger partial charge < -0.3 is 5.32 Å². The number of aromatic nitrogens is 1. The molecule has 19 heavy (non-hydrogen) atoms. The maximum atomic E-state index is 11.6. The minimum atomic E-state index is -0.440. The second-order valence-electron chi connectivity index (χ2n) is 4.88. The molecule has 104 valence electrons. The van der Waals surface area contributed by atoms with Gasteiger partial charge in [-0.2, -0.15) is 4.57 Å². The van der Waals surface area contributed by atoms with E-state index in [-0.39, 0.29) is 12.5 Å². The Morgan fingerprint density at radius 1 is 1.26 bits per heavy atom. The van der Waals surface area contributed by atoms with Gasteiger partial charge in [0.25, 0.3) is 5.91 Å². The lowest BCUT2D eigenvalue weighted by Crippen LogP contribution is -2.47. The van der Waals surface area contributed by atoms with Crippen molar-refractivity contribution in [3.63, 3.8) is 0 Å². The summed E-state index contributed by atoms with van der Waals surface area (Å²) in [5.74, 6) is 0.0346. The monoisotopic (exact) mass is 264 g/mol. The van der Waals surface area contributed by atoms with Crippen LogP contribution in [0.2, 0.25) is 0 Å². The Bertz CT molecular complexity index is 427. The fourth-order valence-corrected chi connectivity index (χ4v) is 1.50. The van der Waals surface area contributed by atoms with Crippen LogP contribution in [0.3, 0.4) is 0 Å². The fourth-order valence-electron chi connectivity index (χ4n) is 1.50. The van der Waals surface area contributed by atoms with Gasteiger partial charge in [0.2, 0.25) is 6.54 Å². The summed E-state index contributed by atoms with van der Waals surface area (Å²) in [4.78, 5) is 23.0. The SMILES string of the molecule is CCc1cc[n+](CC(=O)NC(=O)NCC(C)C)cc1. The molecule has 1 rings (SSSR count). The molecule has 2 N–H and O–H groups in total. The highest BCUT2D eigenvalue weighted by molar-refractivity contribution is 5.93. The van der Waals surface area contributed by atoms with E-state index in [0.717, 1.165) is 6.42 Å². The number of nitrogens with zero attached hydrogens (tertiary/aromatic N) is 1. The van der Waals surface area contributed by atoms with Gasteiger partial charge in [0.1, 0.15) is 0 Å². The van der Waals surface area contributed by atoms with E-state index in [0.29, 0.717) is 12.5 Å². The van der Waals surface area contributed by atoms with E-state index in [1.807, 2.05) is 38.4 Å². The molecule has 0 aliphatic heterocycles. The van der Waals surface area contributed by atoms with Crippen molar-refractivity contribution in [1.29, 1.82) is 0 Å². The molecule has 0 saturated carbocycles. The van der Waals surface area contributed by atoms with Gasteiger partial charge in [0.05, 0.1) is 0 Å². The maximum absolute atomic E-state index is 11.6. The van der Waals surface area contributed by atoms with E-state index in [1.165, 1.54) is 5.56 Å². The first-order valence-electron chi connectivity index (χ1n) is 6.57. The minimum Gasteiger partial charge on any atom is -0.338 e. The lowest BCUT2D eigenvalue weighted by Gasteiger charge is -2.07. The van der Waals surface area contributed by atoms with E-state index in [1.54, 1.807) is 4.57 Å². The van der Waals surface area contributed by atoms with Crippen molar-refractivity contribution in [1.82, 2.24) is 10.6 Å². The Morgan fingerprint density at radius 2 is 1.89 bits per heavy atom. The van der Waals surface area contributed by atoms with E-state index in [2.05, 4.69) is 17.6 Å². The van der Waals surface area contributed by atoms with Gasteiger partial charge in [-0.25, -0.2) is 4.79 Å². The second-order valence-corrected chi connectivity index (χ2v) is 4.88. The van der Waals surface area contributed by atoms with Crippen LogP contribution in [0, 0.1) is 5.92 Å². The molecule has 0 aliphatic carbocycles. The number of carbonyl (C=O) groups excluding carboxylic acids is 2. The zero-order valence-corrected chi connectivity index (χ0v) is 11.8. The van der Waals surface area contributed by atoms with Crippen molar-refractivity contribution in [2.24, 2.45) is 5.92 Å². The highest BCUT2D eigenvalue weighted by atomic mass is 16.2. The summed E-state index contributed by atoms with van der Waals surface area (Å²) < 4.78 is 1.74. The van der Waals surface area contributed by atoms with Crippen molar-refractivity contribution in [3.8, 4) is 0 Å². The molecular weight excluding hydrogens is 242 g/mol. The summed E-state index contributed by atoms with van der Waals surface area (Å²) in [6.07, 6.45) is 4.64. The number of hydrogen-bond acceptors (Lipinski definition) is 2. The topological polar surface area (TPSA) is 62.1 Å². The highest BCUT2D eigenvalue weighted by Gasteiger charge is 2.12. The third-order valence-electron chi connectivity index (χ3n) is 2.62. The molecule has 0 unspecified atom stereocenters. The molecule has 1 aromatic rings. The molecule has 5 nitrogen and oxygen atoms in total. The van der Waals surface area contributed by atoms with Crippen molar-refractivity contribution < 1.29 is 14.2 Å². The summed E-state index contributed by atoms with van der Waals surface area (Å²) in [5.41, 5.74) is 1.21. The van der Waals surface area contributed by atoms with Gasteiger partial charge in [-0.15, -0.1) is 0 Å². The van der Waals surface area contributed by atoms with Crippen molar-refractivity contribution in [2.75, 3.05) is 6.54 Å². The molecule has 5 heteroatoms. The first-order chi connectivity index (χ1) is 9.01. The predicted molar refractivity (Wildman–Crippen MR) is 72.4 cm³/mol. The summed E-state index contributed by atoms with van der Waals surface area (Å²) in [5, 5.41) is 4.94. The Morgan fingerprint density at radius 3 is 2.42 bits per heavy atom. The zero-order chi connectivity index (χ0) is 14.3. The minimum absolute atomic E-state index is 0.138. The number of carbonyl (C=O) groups is 2. The summed E-state index contributed by atoms with van der Waals surface area (Å²) in [7, 11) is 0. The first-order valence-corrected chi connectivity index (χ1v) is 6.57. The summed E-state index contributed by atoms with van der Waals surface area (Å²) in [6, 6.07) is 3.49. The molecule has 3 amide bonds. The quantitative estimate of drug-likeness (QED) is 0.780. The maximum Gasteiger partial charge on any atom is 0.321 e. The summed E-state index contributed by atoms with van der Waals surface area (Å²) in [6.45, 7) is 6.75. The van der Waals surface area contributed by atoms with Crippen LogP contribution in [0.25, 0.3) is 0 Å². The van der Waals surface area contributed by atoms with Crippen LogP contribution in [0.4, 0.5) is 4.79 Å². The second kappa shape index (κ2) is 7.51. The van der Waals surface area contributed by atoms with Crippen molar-refractivity contribution >= 4 is 11.9 Å². The van der Waals surface area contributed by atoms with Crippen LogP contribution < -0.4 is 15.2 Å². The molecule has 0 spiro atoms. The molecule has 0 bridgehead atoms. The molecule has 0 aliphatic rings. The van der Waals surface area contributed by atoms with E-state index in [9.17, 15) is 9.59 Å². The highest BCUT2D eigenvalue weighted by Crippen LogP contribution is 1.94. The zero-order valence-electron chi connectivity index (χ0n) is 11.8. The van der Waals surface area contributed by atoms with E-state index >= 15 is 0 Å². The Kier molecular flexibility index (Phi) is 5.99. The van der Waals surface area contributed by atoms with E-state index < -0.39 is 6.03 Å². The average Bonchev–Trinajstić information content (AvgIpc) is 2.37. The van der Waals surface area contributed by atoms with Crippen LogP contribution in [-0.4, -0.2) is 18.5 Å². The average molecular weight is 264 g/mol. The Labute approximate surface area is 114 Å². The number of pyridine rings is 1. The third kappa shape index (κ3) is 5.99. The molecule has 0 fully saturated rings. The smallest absolute Gasteiger partial charge is 0.321 e. The standard InChI is InChI=1S/C14H21N3O2/c1-4-12-5-7-17(8-6-12)10-13(18)16-14(19)15-9-11(2)3/h5-8,11H,4,9-10H2,1-3H3,(H-,15,16,18,19)/p+1. The van der Waals surface area contributed by atoms with Gasteiger partial charge in [-0.1, -0.05) is 20.8 Å². The normalized spacial score (nSPS) is 10.3. The van der Waals surface area contributed by atoms with Crippen LogP contribution >= 0.6 is 0 Å². The van der Waals surface area contributed by atoms with Crippen LogP contribution in [0.5, 0.6) is 0 Å². The largest absolute Gasteiger partial charge is 0.338 e. The number of imide groups is 1. The lowest BCUT2D eigenvalue weighted by molar-refractivity contribution is -0.684. The van der Waals surface area contributed by atoms with Crippen molar-refractivity contribution in [3.05, 3.63) is 30.1 Å². The number of nitrogens with one attached hydrogen (secondary N) is 2. The Hall–Kier alpha value is -1.91. The first kappa shape index (κ1) is 15.1. The van der Waals surface area contributed by atoms with Gasteiger partial charge in [-0.3, -0.25) is 10.1 Å². The number of urea groups is 1. The number of aryl methyl sites for hydroxylation is 1. The molecule has 1 aromatic heterocycles. The van der Waals surface area contributed by atoms with Gasteiger partial charge in [0.15, 0.2) is 12.4 Å². The van der Waals surface area contributed by atoms with Crippen molar-refractivity contribution in [2.45, 2.75) is 33.7 Å². The molecular formula is C14H22N3O2+. The Balaban J connectivity index is 2.39. The molecule has 0 atom stereocenters. The van der Waals surface area contributed by atoms with Gasteiger partial charge in [0, 0.05) is 18.7 Å². The molecule has 0 saturated heterocycles. The fraction of sp³-hybridized carbons (Fsp3) is 0.500. The third-order valence-corrected chi connectivity index (χ3v) is 2.62. The summed E-state index contributed by atoms with van der Waals surface area (Å²) >= 11 is 0. The number of rotatable bonds is 5. The predicted octanol–water partition coefficient (Wildman–Crippen LogP) is 1.02. The van der Waals surface area contributed by atoms with Crippen LogP contribution in [-0.2, 0) is 17.8 Å². The van der Waals surface area contributed by atoms with Crippen LogP contribution in [0.15, 0.2) is 24.5 Å². The van der Waals surface area contributed by atoms with E-state index in [4.69, 9.17) is 0 Å². The van der Waals surface area contributed by atoms with Crippen LogP contribution in [0.1, 0.15) is 26.3 Å². The molecule has 1 heterocycles. The van der Waals surface area contributed by atoms with Gasteiger partial charge in [-0.05, 0) is 17.9 Å².